The number of rotatable bonds is 2. The number of hydrogen-bond donors (Lipinski definition) is 3. The molecule has 3 aliphatic carbocycles. The summed E-state index contributed by atoms with van der Waals surface area (Å²) in [5.41, 5.74) is 7.74. The molecule has 5 rings (SSSR count). The van der Waals surface area contributed by atoms with Crippen LogP contribution in [0.15, 0.2) is 6.33 Å². The highest BCUT2D eigenvalue weighted by atomic mass is 15.1. The van der Waals surface area contributed by atoms with Gasteiger partial charge in [-0.15, -0.1) is 0 Å². The third-order valence-electron chi connectivity index (χ3n) is 5.98. The summed E-state index contributed by atoms with van der Waals surface area (Å²) in [5, 5.41) is 3.60. The second-order valence-electron chi connectivity index (χ2n) is 7.24. The molecule has 0 spiro atoms. The van der Waals surface area contributed by atoms with Crippen LogP contribution < -0.4 is 11.1 Å². The van der Waals surface area contributed by atoms with Crippen molar-refractivity contribution in [3.05, 3.63) is 6.33 Å². The number of nitrogen functional groups attached to an aromatic ring is 1. The molecule has 0 unspecified atom stereocenters. The quantitative estimate of drug-likeness (QED) is 0.789. The molecule has 0 saturated heterocycles. The van der Waals surface area contributed by atoms with E-state index in [1.165, 1.54) is 12.8 Å². The predicted molar refractivity (Wildman–Crippen MR) is 94.0 cm³/mol. The van der Waals surface area contributed by atoms with Crippen LogP contribution in [0, 0.1) is 23.2 Å². The Morgan fingerprint density at radius 3 is 2.65 bits per heavy atom. The summed E-state index contributed by atoms with van der Waals surface area (Å²) in [6.07, 6.45) is 4.21. The number of H-pyrrole nitrogens is 1. The number of nitrogens with two attached hydrogens (primary N) is 1. The monoisotopic (exact) mass is 316 g/mol. The van der Waals surface area contributed by atoms with Crippen molar-refractivity contribution < 1.29 is 0 Å². The van der Waals surface area contributed by atoms with Crippen LogP contribution in [0.2, 0.25) is 0 Å². The summed E-state index contributed by atoms with van der Waals surface area (Å²) in [4.78, 5) is 15.8. The highest BCUT2D eigenvalue weighted by molar-refractivity contribution is 5.83. The smallest absolute Gasteiger partial charge is 0.224 e. The summed E-state index contributed by atoms with van der Waals surface area (Å²) in [6, 6.07) is 0.447. The van der Waals surface area contributed by atoms with Gasteiger partial charge in [-0.25, -0.2) is 4.98 Å². The molecule has 3 saturated carbocycles. The van der Waals surface area contributed by atoms with E-state index >= 15 is 0 Å². The lowest BCUT2D eigenvalue weighted by Crippen LogP contribution is -2.58. The Morgan fingerprint density at radius 2 is 2.00 bits per heavy atom. The normalized spacial score (nSPS) is 31.0. The fraction of sp³-hybridized carbons (Fsp3) is 0.706. The maximum absolute atomic E-state index is 5.79. The van der Waals surface area contributed by atoms with Crippen LogP contribution >= 0.6 is 0 Å². The average molecular weight is 316 g/mol. The Bertz CT molecular complexity index is 691. The molecule has 0 aliphatic heterocycles. The molecule has 126 valence electrons. The topological polar surface area (TPSA) is 92.5 Å². The van der Waals surface area contributed by atoms with Crippen LogP contribution in [0.5, 0.6) is 0 Å². The molecule has 0 aromatic carbocycles. The van der Waals surface area contributed by atoms with Crippen molar-refractivity contribution in [1.29, 1.82) is 0 Å². The van der Waals surface area contributed by atoms with Crippen molar-refractivity contribution in [1.82, 2.24) is 19.9 Å². The number of imidazole rings is 1. The van der Waals surface area contributed by atoms with E-state index < -0.39 is 0 Å². The highest BCUT2D eigenvalue weighted by Crippen LogP contribution is 2.61. The van der Waals surface area contributed by atoms with Gasteiger partial charge in [-0.3, -0.25) is 0 Å². The lowest BCUT2D eigenvalue weighted by atomic mass is 9.45. The summed E-state index contributed by atoms with van der Waals surface area (Å²) in [7, 11) is 0. The van der Waals surface area contributed by atoms with Gasteiger partial charge in [0.25, 0.3) is 0 Å². The van der Waals surface area contributed by atoms with Crippen LogP contribution in [0.4, 0.5) is 11.8 Å². The first-order valence-electron chi connectivity index (χ1n) is 8.70. The fourth-order valence-corrected chi connectivity index (χ4v) is 4.47. The van der Waals surface area contributed by atoms with Gasteiger partial charge in [0, 0.05) is 6.04 Å². The largest absolute Gasteiger partial charge is 0.368 e. The van der Waals surface area contributed by atoms with Gasteiger partial charge in [-0.05, 0) is 36.0 Å². The van der Waals surface area contributed by atoms with Crippen LogP contribution in [-0.4, -0.2) is 26.0 Å². The molecule has 2 aromatic heterocycles. The molecule has 0 radical (unpaired) electrons. The molecule has 2 bridgehead atoms. The van der Waals surface area contributed by atoms with Crippen LogP contribution in [0.25, 0.3) is 11.2 Å². The Kier molecular flexibility index (Phi) is 3.94. The van der Waals surface area contributed by atoms with Gasteiger partial charge in [0.05, 0.1) is 6.33 Å². The van der Waals surface area contributed by atoms with Crippen molar-refractivity contribution >= 4 is 22.9 Å². The van der Waals surface area contributed by atoms with Crippen molar-refractivity contribution in [3.63, 3.8) is 0 Å². The first-order valence-corrected chi connectivity index (χ1v) is 8.70. The predicted octanol–water partition coefficient (Wildman–Crippen LogP) is 3.44. The summed E-state index contributed by atoms with van der Waals surface area (Å²) in [6.45, 7) is 11.2. The summed E-state index contributed by atoms with van der Waals surface area (Å²) in [5.74, 6) is 3.30. The average Bonchev–Trinajstić information content (AvgIpc) is 2.99. The Balaban J connectivity index is 0.000000753. The lowest BCUT2D eigenvalue weighted by molar-refractivity contribution is -0.105. The second kappa shape index (κ2) is 5.65. The van der Waals surface area contributed by atoms with E-state index in [4.69, 9.17) is 5.73 Å². The molecular weight excluding hydrogens is 288 g/mol. The Hall–Kier alpha value is -1.85. The minimum absolute atomic E-state index is 0.269. The SMILES string of the molecule is CC.C[C@@H]1[C@@H](Nc2nc(N)nc3nc[nH]c23)C[C@H]2C[C@@H]1C2(C)C. The zero-order valence-electron chi connectivity index (χ0n) is 14.7. The highest BCUT2D eigenvalue weighted by Gasteiger charge is 2.56. The maximum Gasteiger partial charge on any atom is 0.224 e. The van der Waals surface area contributed by atoms with E-state index in [1.54, 1.807) is 6.33 Å². The van der Waals surface area contributed by atoms with Crippen LogP contribution in [0.3, 0.4) is 0 Å². The van der Waals surface area contributed by atoms with Gasteiger partial charge in [-0.2, -0.15) is 9.97 Å². The van der Waals surface area contributed by atoms with Crippen molar-refractivity contribution in [3.8, 4) is 0 Å². The number of anilines is 2. The molecule has 3 aliphatic rings. The number of nitrogens with one attached hydrogen (secondary N) is 2. The molecule has 23 heavy (non-hydrogen) atoms. The summed E-state index contributed by atoms with van der Waals surface area (Å²) < 4.78 is 0. The number of hydrogen-bond acceptors (Lipinski definition) is 5. The molecule has 2 heterocycles. The molecule has 6 nitrogen and oxygen atoms in total. The van der Waals surface area contributed by atoms with Gasteiger partial charge in [0.15, 0.2) is 11.5 Å². The lowest BCUT2D eigenvalue weighted by Gasteiger charge is -2.62. The van der Waals surface area contributed by atoms with Crippen LogP contribution in [0.1, 0.15) is 47.5 Å². The Labute approximate surface area is 137 Å². The van der Waals surface area contributed by atoms with E-state index in [-0.39, 0.29) is 5.95 Å². The van der Waals surface area contributed by atoms with E-state index in [2.05, 4.69) is 46.0 Å². The first kappa shape index (κ1) is 16.0. The zero-order valence-corrected chi connectivity index (χ0v) is 14.7. The second-order valence-corrected chi connectivity index (χ2v) is 7.24. The van der Waals surface area contributed by atoms with E-state index in [0.29, 0.717) is 23.0 Å². The molecule has 4 N–H and O–H groups in total. The number of nitrogens with zero attached hydrogens (tertiary/aromatic N) is 3. The van der Waals surface area contributed by atoms with Crippen molar-refractivity contribution in [2.24, 2.45) is 23.2 Å². The van der Waals surface area contributed by atoms with Crippen molar-refractivity contribution in [2.45, 2.75) is 53.5 Å². The van der Waals surface area contributed by atoms with Gasteiger partial charge in [0.2, 0.25) is 5.95 Å². The number of aromatic amines is 1. The van der Waals surface area contributed by atoms with E-state index in [0.717, 1.165) is 23.2 Å². The third-order valence-corrected chi connectivity index (χ3v) is 5.98. The minimum atomic E-state index is 0.269. The summed E-state index contributed by atoms with van der Waals surface area (Å²) >= 11 is 0. The van der Waals surface area contributed by atoms with E-state index in [9.17, 15) is 0 Å². The molecule has 4 atom stereocenters. The molecular formula is C17H28N6. The molecule has 2 aromatic rings. The molecule has 6 heteroatoms. The minimum Gasteiger partial charge on any atom is -0.368 e. The maximum atomic E-state index is 5.79. The molecule has 0 amide bonds. The van der Waals surface area contributed by atoms with Crippen molar-refractivity contribution in [2.75, 3.05) is 11.1 Å². The number of fused-ring (bicyclic) bond motifs is 3. The number of aromatic nitrogens is 4. The fourth-order valence-electron chi connectivity index (χ4n) is 4.47. The zero-order chi connectivity index (χ0) is 16.8. The van der Waals surface area contributed by atoms with Gasteiger partial charge in [-0.1, -0.05) is 34.6 Å². The van der Waals surface area contributed by atoms with E-state index in [1.807, 2.05) is 13.8 Å². The van der Waals surface area contributed by atoms with Gasteiger partial charge >= 0.3 is 0 Å². The van der Waals surface area contributed by atoms with Gasteiger partial charge < -0.3 is 16.0 Å². The first-order chi connectivity index (χ1) is 11.0. The third kappa shape index (κ3) is 2.44. The Morgan fingerprint density at radius 1 is 1.26 bits per heavy atom. The molecule has 3 fully saturated rings. The van der Waals surface area contributed by atoms with Gasteiger partial charge in [0.1, 0.15) is 5.52 Å². The standard InChI is InChI=1S/C15H22N6.C2H6/c1-7-9-4-8(15(9,2)3)5-10(7)19-13-11-12(18-6-17-11)20-14(16)21-13;1-2/h6-10H,4-5H2,1-3H3,(H4,16,17,18,19,20,21);1-2H3/t7-,8+,9-,10-;/m0./s1. The van der Waals surface area contributed by atoms with Crippen LogP contribution in [-0.2, 0) is 0 Å².